The molecule has 0 aromatic carbocycles. The molecule has 10 heavy (non-hydrogen) atoms. The lowest BCUT2D eigenvalue weighted by Crippen LogP contribution is -2.62. The van der Waals surface area contributed by atoms with E-state index < -0.39 is 0 Å². The van der Waals surface area contributed by atoms with Crippen LogP contribution in [0.2, 0.25) is 0 Å². The van der Waals surface area contributed by atoms with Crippen LogP contribution >= 0.6 is 45.5 Å². The molecule has 5 heteroatoms. The van der Waals surface area contributed by atoms with E-state index in [4.69, 9.17) is 0 Å². The van der Waals surface area contributed by atoms with Crippen LogP contribution in [0.3, 0.4) is 0 Å². The van der Waals surface area contributed by atoms with E-state index in [9.17, 15) is 0 Å². The number of thiol groups is 1. The summed E-state index contributed by atoms with van der Waals surface area (Å²) in [6.45, 7) is 2.38. The number of fused-ring (bicyclic) bond motifs is 2. The van der Waals surface area contributed by atoms with Gasteiger partial charge in [0.2, 0.25) is 0 Å². The summed E-state index contributed by atoms with van der Waals surface area (Å²) in [5.74, 6) is 0. The van der Waals surface area contributed by atoms with Crippen molar-refractivity contribution in [1.82, 2.24) is 7.42 Å². The lowest BCUT2D eigenvalue weighted by molar-refractivity contribution is 0.0627. The number of piperidine rings is 1. The number of piperazine rings is 1. The van der Waals surface area contributed by atoms with E-state index in [2.05, 4.69) is 41.9 Å². The average molecular weight is 288 g/mol. The molecule has 0 N–H and O–H groups in total. The number of rotatable bonds is 1. The minimum atomic E-state index is 0.805. The van der Waals surface area contributed by atoms with E-state index in [0.29, 0.717) is 0 Å². The van der Waals surface area contributed by atoms with Crippen LogP contribution in [0.5, 0.6) is 0 Å². The standard InChI is InChI=1S/C5H9IN2S2/c6-8-4-1-5(8)3-7(2-4)10-9/h4-5,9H,1-3H2. The second-order valence-electron chi connectivity index (χ2n) is 2.82. The first-order chi connectivity index (χ1) is 4.81. The molecular weight excluding hydrogens is 279 g/mol. The molecule has 3 aliphatic rings. The number of hydrogen-bond donors (Lipinski definition) is 1. The molecule has 0 radical (unpaired) electrons. The lowest BCUT2D eigenvalue weighted by atomic mass is 9.93. The Kier molecular flexibility index (Phi) is 2.40. The Hall–Kier alpha value is 1.35. The van der Waals surface area contributed by atoms with Crippen molar-refractivity contribution in [2.24, 2.45) is 0 Å². The quantitative estimate of drug-likeness (QED) is 0.257. The van der Waals surface area contributed by atoms with Crippen LogP contribution < -0.4 is 0 Å². The van der Waals surface area contributed by atoms with E-state index in [-0.39, 0.29) is 0 Å². The molecular formula is C5H9IN2S2. The van der Waals surface area contributed by atoms with Gasteiger partial charge in [-0.2, -0.15) is 0 Å². The predicted molar refractivity (Wildman–Crippen MR) is 56.2 cm³/mol. The zero-order valence-corrected chi connectivity index (χ0v) is 9.27. The highest BCUT2D eigenvalue weighted by molar-refractivity contribution is 14.1. The molecule has 58 valence electrons. The molecule has 2 bridgehead atoms. The molecule has 0 aliphatic carbocycles. The number of hydrogen-bond acceptors (Lipinski definition) is 4. The van der Waals surface area contributed by atoms with Crippen LogP contribution in [0, 0.1) is 0 Å². The molecule has 2 unspecified atom stereocenters. The zero-order chi connectivity index (χ0) is 7.14. The highest BCUT2D eigenvalue weighted by Gasteiger charge is 2.43. The minimum Gasteiger partial charge on any atom is -0.239 e. The number of halogens is 1. The smallest absolute Gasteiger partial charge is 0.0350 e. The second-order valence-corrected chi connectivity index (χ2v) is 5.10. The Labute approximate surface area is 84.1 Å². The Morgan fingerprint density at radius 2 is 2.00 bits per heavy atom. The van der Waals surface area contributed by atoms with Gasteiger partial charge in [-0.25, -0.2) is 7.42 Å². The van der Waals surface area contributed by atoms with Gasteiger partial charge in [-0.1, -0.05) is 11.7 Å². The Morgan fingerprint density at radius 1 is 1.40 bits per heavy atom. The highest BCUT2D eigenvalue weighted by Crippen LogP contribution is 2.37. The first-order valence-corrected chi connectivity index (χ1v) is 6.11. The Balaban J connectivity index is 1.93. The van der Waals surface area contributed by atoms with Crippen LogP contribution in [-0.4, -0.2) is 32.6 Å². The molecule has 3 aliphatic heterocycles. The van der Waals surface area contributed by atoms with Crippen LogP contribution in [0.15, 0.2) is 0 Å². The summed E-state index contributed by atoms with van der Waals surface area (Å²) in [6, 6.07) is 1.61. The third-order valence-electron chi connectivity index (χ3n) is 2.19. The molecule has 3 heterocycles. The van der Waals surface area contributed by atoms with Crippen molar-refractivity contribution in [1.29, 1.82) is 0 Å². The second kappa shape index (κ2) is 3.01. The molecule has 3 rings (SSSR count). The topological polar surface area (TPSA) is 6.48 Å². The lowest BCUT2D eigenvalue weighted by Gasteiger charge is -2.52. The summed E-state index contributed by atoms with van der Waals surface area (Å²) in [4.78, 5) is 0. The van der Waals surface area contributed by atoms with Gasteiger partial charge in [0, 0.05) is 48.0 Å². The highest BCUT2D eigenvalue weighted by atomic mass is 127. The van der Waals surface area contributed by atoms with Crippen molar-refractivity contribution >= 4 is 45.5 Å². The van der Waals surface area contributed by atoms with Gasteiger partial charge in [-0.3, -0.25) is 0 Å². The molecule has 0 spiro atoms. The first-order valence-electron chi connectivity index (χ1n) is 3.32. The summed E-state index contributed by atoms with van der Waals surface area (Å²) in [6.07, 6.45) is 1.40. The fourth-order valence-electron chi connectivity index (χ4n) is 1.59. The van der Waals surface area contributed by atoms with Crippen LogP contribution in [-0.2, 0) is 0 Å². The van der Waals surface area contributed by atoms with Gasteiger partial charge in [0.15, 0.2) is 0 Å². The SMILES string of the molecule is SSN1CC2CC(C1)N2I. The van der Waals surface area contributed by atoms with Crippen molar-refractivity contribution in [2.75, 3.05) is 13.1 Å². The molecule has 0 saturated carbocycles. The molecule has 2 atom stereocenters. The maximum absolute atomic E-state index is 4.18. The van der Waals surface area contributed by atoms with Gasteiger partial charge in [0.25, 0.3) is 0 Å². The van der Waals surface area contributed by atoms with Gasteiger partial charge >= 0.3 is 0 Å². The molecule has 3 saturated heterocycles. The fraction of sp³-hybridized carbons (Fsp3) is 1.00. The minimum absolute atomic E-state index is 0.805. The van der Waals surface area contributed by atoms with Gasteiger partial charge in [-0.05, 0) is 17.4 Å². The van der Waals surface area contributed by atoms with Crippen molar-refractivity contribution < 1.29 is 0 Å². The first kappa shape index (κ1) is 7.97. The summed E-state index contributed by atoms with van der Waals surface area (Å²) >= 11 is 6.61. The van der Waals surface area contributed by atoms with Crippen molar-refractivity contribution in [3.05, 3.63) is 0 Å². The van der Waals surface area contributed by atoms with Crippen molar-refractivity contribution in [2.45, 2.75) is 18.5 Å². The normalized spacial score (nSPS) is 41.4. The van der Waals surface area contributed by atoms with E-state index in [1.165, 1.54) is 19.5 Å². The summed E-state index contributed by atoms with van der Waals surface area (Å²) in [7, 11) is 1.58. The maximum Gasteiger partial charge on any atom is 0.0350 e. The van der Waals surface area contributed by atoms with Gasteiger partial charge in [0.1, 0.15) is 0 Å². The van der Waals surface area contributed by atoms with E-state index >= 15 is 0 Å². The fourth-order valence-corrected chi connectivity index (χ4v) is 3.28. The van der Waals surface area contributed by atoms with Crippen LogP contribution in [0.1, 0.15) is 6.42 Å². The average Bonchev–Trinajstić information content (AvgIpc) is 2.04. The zero-order valence-electron chi connectivity index (χ0n) is 5.40. The third kappa shape index (κ3) is 1.20. The van der Waals surface area contributed by atoms with Gasteiger partial charge in [0.05, 0.1) is 0 Å². The molecule has 3 fully saturated rings. The monoisotopic (exact) mass is 288 g/mol. The molecule has 0 aromatic heterocycles. The van der Waals surface area contributed by atoms with E-state index in [1.54, 1.807) is 11.0 Å². The Bertz CT molecular complexity index is 134. The largest absolute Gasteiger partial charge is 0.239 e. The molecule has 0 amide bonds. The summed E-state index contributed by atoms with van der Waals surface area (Å²) in [5, 5.41) is 0. The third-order valence-corrected chi connectivity index (χ3v) is 4.98. The van der Waals surface area contributed by atoms with Crippen molar-refractivity contribution in [3.63, 3.8) is 0 Å². The maximum atomic E-state index is 4.18. The predicted octanol–water partition coefficient (Wildman–Crippen LogP) is 1.59. The van der Waals surface area contributed by atoms with Crippen molar-refractivity contribution in [3.8, 4) is 0 Å². The number of nitrogens with zero attached hydrogens (tertiary/aromatic N) is 2. The van der Waals surface area contributed by atoms with Gasteiger partial charge < -0.3 is 0 Å². The van der Waals surface area contributed by atoms with E-state index in [0.717, 1.165) is 12.1 Å². The molecule has 0 aromatic rings. The van der Waals surface area contributed by atoms with Gasteiger partial charge in [-0.15, -0.1) is 0 Å². The summed E-state index contributed by atoms with van der Waals surface area (Å²) < 4.78 is 4.77. The van der Waals surface area contributed by atoms with E-state index in [1.807, 2.05) is 0 Å². The summed E-state index contributed by atoms with van der Waals surface area (Å²) in [5.41, 5.74) is 0. The Morgan fingerprint density at radius 3 is 2.40 bits per heavy atom. The molecule has 2 nitrogen and oxygen atoms in total. The van der Waals surface area contributed by atoms with Crippen LogP contribution in [0.25, 0.3) is 0 Å². The van der Waals surface area contributed by atoms with Crippen LogP contribution in [0.4, 0.5) is 0 Å².